The lowest BCUT2D eigenvalue weighted by Crippen LogP contribution is -2.42. The fraction of sp³-hybridized carbons (Fsp3) is 0.304. The summed E-state index contributed by atoms with van der Waals surface area (Å²) >= 11 is 0. The van der Waals surface area contributed by atoms with Crippen molar-refractivity contribution >= 4 is 26.6 Å². The number of hydrogen-bond donors (Lipinski definition) is 0. The first kappa shape index (κ1) is 20.3. The van der Waals surface area contributed by atoms with Crippen molar-refractivity contribution in [2.75, 3.05) is 18.8 Å². The van der Waals surface area contributed by atoms with Gasteiger partial charge in [-0.1, -0.05) is 36.4 Å². The van der Waals surface area contributed by atoms with Crippen LogP contribution >= 0.6 is 0 Å². The number of likely N-dealkylation sites (tertiary alicyclic amines) is 1. The summed E-state index contributed by atoms with van der Waals surface area (Å²) in [5.74, 6) is 0.458. The number of para-hydroxylation sites is 1. The van der Waals surface area contributed by atoms with E-state index in [1.807, 2.05) is 30.3 Å². The number of amides is 1. The quantitative estimate of drug-likeness (QED) is 0.606. The van der Waals surface area contributed by atoms with Gasteiger partial charge in [-0.2, -0.15) is 0 Å². The summed E-state index contributed by atoms with van der Waals surface area (Å²) < 4.78 is 30.9. The Labute approximate surface area is 176 Å². The highest BCUT2D eigenvalue weighted by molar-refractivity contribution is 7.91. The van der Waals surface area contributed by atoms with E-state index >= 15 is 0 Å². The zero-order valence-corrected chi connectivity index (χ0v) is 17.4. The first-order valence-electron chi connectivity index (χ1n) is 10.1. The monoisotopic (exact) mass is 424 g/mol. The molecule has 7 heteroatoms. The molecule has 1 amide bonds. The molecule has 0 spiro atoms. The summed E-state index contributed by atoms with van der Waals surface area (Å²) in [4.78, 5) is 18.9. The molecule has 0 atom stereocenters. The Morgan fingerprint density at radius 2 is 1.73 bits per heavy atom. The van der Waals surface area contributed by atoms with E-state index in [1.54, 1.807) is 41.4 Å². The van der Waals surface area contributed by atoms with Crippen molar-refractivity contribution in [1.29, 1.82) is 0 Å². The van der Waals surface area contributed by atoms with Crippen molar-refractivity contribution in [3.8, 4) is 5.75 Å². The molecule has 30 heavy (non-hydrogen) atoms. The van der Waals surface area contributed by atoms with Gasteiger partial charge >= 0.3 is 0 Å². The smallest absolute Gasteiger partial charge is 0.223 e. The second-order valence-corrected chi connectivity index (χ2v) is 9.52. The predicted molar refractivity (Wildman–Crippen MR) is 115 cm³/mol. The number of sulfone groups is 1. The number of nitrogens with zero attached hydrogens (tertiary/aromatic N) is 2. The SMILES string of the molecule is O=C(CCS(=O)(=O)c1ccccc1)N1CCC(Oc2cccc3cccnc23)CC1. The lowest BCUT2D eigenvalue weighted by molar-refractivity contribution is -0.132. The normalized spacial score (nSPS) is 15.3. The maximum atomic E-state index is 12.5. The summed E-state index contributed by atoms with van der Waals surface area (Å²) in [6.45, 7) is 1.13. The van der Waals surface area contributed by atoms with E-state index in [1.165, 1.54) is 0 Å². The topological polar surface area (TPSA) is 76.6 Å². The summed E-state index contributed by atoms with van der Waals surface area (Å²) in [6, 6.07) is 18.0. The predicted octanol–water partition coefficient (Wildman–Crippen LogP) is 3.47. The second-order valence-electron chi connectivity index (χ2n) is 7.41. The first-order valence-corrected chi connectivity index (χ1v) is 11.7. The standard InChI is InChI=1S/C23H24N2O4S/c26-22(13-17-30(27,28)20-8-2-1-3-9-20)25-15-11-19(12-16-25)29-21-10-4-6-18-7-5-14-24-23(18)21/h1-10,14,19H,11-13,15-17H2. The van der Waals surface area contributed by atoms with Gasteiger partial charge in [0.25, 0.3) is 0 Å². The summed E-state index contributed by atoms with van der Waals surface area (Å²) in [6.07, 6.45) is 3.17. The lowest BCUT2D eigenvalue weighted by Gasteiger charge is -2.32. The molecular weight excluding hydrogens is 400 g/mol. The highest BCUT2D eigenvalue weighted by atomic mass is 32.2. The molecule has 3 aromatic rings. The van der Waals surface area contributed by atoms with Crippen LogP contribution in [0.2, 0.25) is 0 Å². The number of carbonyl (C=O) groups is 1. The van der Waals surface area contributed by atoms with Gasteiger partial charge in [-0.3, -0.25) is 9.78 Å². The van der Waals surface area contributed by atoms with E-state index in [0.717, 1.165) is 16.7 Å². The van der Waals surface area contributed by atoms with Crippen LogP contribution in [0.4, 0.5) is 0 Å². The van der Waals surface area contributed by atoms with Gasteiger partial charge in [-0.15, -0.1) is 0 Å². The van der Waals surface area contributed by atoms with Gasteiger partial charge < -0.3 is 9.64 Å². The molecule has 0 N–H and O–H groups in total. The van der Waals surface area contributed by atoms with Crippen LogP contribution in [-0.4, -0.2) is 49.2 Å². The fourth-order valence-corrected chi connectivity index (χ4v) is 4.95. The minimum atomic E-state index is -3.45. The Hall–Kier alpha value is -2.93. The van der Waals surface area contributed by atoms with Crippen LogP contribution < -0.4 is 4.74 Å². The van der Waals surface area contributed by atoms with Gasteiger partial charge in [-0.25, -0.2) is 8.42 Å². The number of benzene rings is 2. The van der Waals surface area contributed by atoms with Crippen LogP contribution in [0.3, 0.4) is 0 Å². The van der Waals surface area contributed by atoms with Gasteiger partial charge in [0.1, 0.15) is 17.4 Å². The maximum Gasteiger partial charge on any atom is 0.223 e. The maximum absolute atomic E-state index is 12.5. The number of pyridine rings is 1. The molecule has 0 bridgehead atoms. The van der Waals surface area contributed by atoms with E-state index in [4.69, 9.17) is 4.74 Å². The molecule has 6 nitrogen and oxygen atoms in total. The molecule has 1 fully saturated rings. The average molecular weight is 425 g/mol. The van der Waals surface area contributed by atoms with Gasteiger partial charge in [0.05, 0.1) is 10.6 Å². The van der Waals surface area contributed by atoms with E-state index < -0.39 is 9.84 Å². The summed E-state index contributed by atoms with van der Waals surface area (Å²) in [5, 5.41) is 1.03. The molecule has 2 aromatic carbocycles. The molecule has 1 saturated heterocycles. The molecule has 0 unspecified atom stereocenters. The zero-order chi connectivity index (χ0) is 21.0. The molecule has 0 radical (unpaired) electrons. The number of ether oxygens (including phenoxy) is 1. The van der Waals surface area contributed by atoms with Gasteiger partial charge in [0, 0.05) is 43.9 Å². The van der Waals surface area contributed by atoms with Crippen molar-refractivity contribution in [2.24, 2.45) is 0 Å². The molecule has 1 aliphatic rings. The van der Waals surface area contributed by atoms with Crippen molar-refractivity contribution in [3.63, 3.8) is 0 Å². The summed E-state index contributed by atoms with van der Waals surface area (Å²) in [5.41, 5.74) is 0.838. The molecule has 0 saturated carbocycles. The van der Waals surface area contributed by atoms with Crippen LogP contribution in [-0.2, 0) is 14.6 Å². The number of rotatable bonds is 6. The number of fused-ring (bicyclic) bond motifs is 1. The Morgan fingerprint density at radius 3 is 2.50 bits per heavy atom. The Morgan fingerprint density at radius 1 is 1.00 bits per heavy atom. The number of piperidine rings is 1. The van der Waals surface area contributed by atoms with E-state index in [2.05, 4.69) is 4.98 Å². The summed E-state index contributed by atoms with van der Waals surface area (Å²) in [7, 11) is -3.45. The highest BCUT2D eigenvalue weighted by Crippen LogP contribution is 2.26. The van der Waals surface area contributed by atoms with Gasteiger partial charge in [-0.05, 0) is 24.3 Å². The molecule has 156 valence electrons. The largest absolute Gasteiger partial charge is 0.488 e. The molecular formula is C23H24N2O4S. The molecule has 4 rings (SSSR count). The van der Waals surface area contributed by atoms with Crippen LogP contribution in [0.1, 0.15) is 19.3 Å². The van der Waals surface area contributed by atoms with Crippen molar-refractivity contribution < 1.29 is 17.9 Å². The highest BCUT2D eigenvalue weighted by Gasteiger charge is 2.26. The van der Waals surface area contributed by atoms with E-state index in [0.29, 0.717) is 25.9 Å². The molecule has 1 aliphatic heterocycles. The number of hydrogen-bond acceptors (Lipinski definition) is 5. The van der Waals surface area contributed by atoms with Crippen molar-refractivity contribution in [1.82, 2.24) is 9.88 Å². The third kappa shape index (κ3) is 4.62. The van der Waals surface area contributed by atoms with Crippen LogP contribution in [0, 0.1) is 0 Å². The third-order valence-electron chi connectivity index (χ3n) is 5.37. The minimum Gasteiger partial charge on any atom is -0.488 e. The Bertz CT molecular complexity index is 1120. The minimum absolute atomic E-state index is 0.00397. The van der Waals surface area contributed by atoms with Gasteiger partial charge in [0.2, 0.25) is 5.91 Å². The molecule has 0 aliphatic carbocycles. The van der Waals surface area contributed by atoms with Crippen molar-refractivity contribution in [3.05, 3.63) is 66.9 Å². The number of carbonyl (C=O) groups excluding carboxylic acids is 1. The van der Waals surface area contributed by atoms with E-state index in [-0.39, 0.29) is 29.1 Å². The molecule has 2 heterocycles. The van der Waals surface area contributed by atoms with Crippen LogP contribution in [0.15, 0.2) is 71.8 Å². The average Bonchev–Trinajstić information content (AvgIpc) is 2.79. The lowest BCUT2D eigenvalue weighted by atomic mass is 10.1. The fourth-order valence-electron chi connectivity index (χ4n) is 3.70. The number of aromatic nitrogens is 1. The second kappa shape index (κ2) is 8.83. The van der Waals surface area contributed by atoms with E-state index in [9.17, 15) is 13.2 Å². The van der Waals surface area contributed by atoms with Crippen molar-refractivity contribution in [2.45, 2.75) is 30.3 Å². The Balaban J connectivity index is 1.30. The molecule has 1 aromatic heterocycles. The third-order valence-corrected chi connectivity index (χ3v) is 7.10. The zero-order valence-electron chi connectivity index (χ0n) is 16.6. The van der Waals surface area contributed by atoms with Crippen LogP contribution in [0.25, 0.3) is 10.9 Å². The Kier molecular flexibility index (Phi) is 5.99. The van der Waals surface area contributed by atoms with Crippen LogP contribution in [0.5, 0.6) is 5.75 Å². The van der Waals surface area contributed by atoms with Gasteiger partial charge in [0.15, 0.2) is 9.84 Å². The first-order chi connectivity index (χ1) is 14.5.